The Hall–Kier alpha value is -13.6. The van der Waals surface area contributed by atoms with Gasteiger partial charge in [-0.05, 0) is 131 Å². The molecule has 18 rings (SSSR count). The predicted octanol–water partition coefficient (Wildman–Crippen LogP) is 38.5. The first-order valence-corrected chi connectivity index (χ1v) is 47.9. The van der Waals surface area contributed by atoms with Crippen molar-refractivity contribution in [2.24, 2.45) is 0 Å². The number of para-hydroxylation sites is 8. The second kappa shape index (κ2) is 65.0. The molecule has 0 saturated carbocycles. The van der Waals surface area contributed by atoms with Crippen molar-refractivity contribution in [2.45, 2.75) is 186 Å². The van der Waals surface area contributed by atoms with Gasteiger partial charge >= 0.3 is 0 Å². The number of rotatable bonds is 14. The van der Waals surface area contributed by atoms with Gasteiger partial charge in [0.2, 0.25) is 0 Å². The summed E-state index contributed by atoms with van der Waals surface area (Å²) in [6, 6.07) is 138. The van der Waals surface area contributed by atoms with Crippen molar-refractivity contribution in [1.29, 1.82) is 0 Å². The molecule has 0 aliphatic heterocycles. The van der Waals surface area contributed by atoms with Crippen LogP contribution in [-0.2, 0) is 6.42 Å². The van der Waals surface area contributed by atoms with E-state index in [0.717, 1.165) is 68.6 Å². The molecule has 0 radical (unpaired) electrons. The lowest BCUT2D eigenvalue weighted by Crippen LogP contribution is -1.97. The fourth-order valence-electron chi connectivity index (χ4n) is 14.2. The Morgan fingerprint density at radius 1 is 0.225 bits per heavy atom. The number of nitrogens with zero attached hydrogens (tertiary/aromatic N) is 4. The molecule has 0 amide bonds. The van der Waals surface area contributed by atoms with Gasteiger partial charge in [0.05, 0.1) is 44.8 Å². The highest BCUT2D eigenvalue weighted by Gasteiger charge is 2.22. The Morgan fingerprint density at radius 2 is 0.465 bits per heavy atom. The van der Waals surface area contributed by atoms with Crippen molar-refractivity contribution in [3.63, 3.8) is 0 Å². The summed E-state index contributed by atoms with van der Waals surface area (Å²) in [6.07, 6.45) is 11.1. The van der Waals surface area contributed by atoms with Gasteiger partial charge in [-0.15, -0.1) is 0 Å². The normalized spacial score (nSPS) is 9.63. The molecule has 4 aromatic heterocycles. The molecule has 0 fully saturated rings. The van der Waals surface area contributed by atoms with Crippen LogP contribution in [0.25, 0.3) is 136 Å². The maximum absolute atomic E-state index is 11.8. The van der Waals surface area contributed by atoms with Gasteiger partial charge in [0.25, 0.3) is 0 Å². The van der Waals surface area contributed by atoms with Crippen LogP contribution in [0.15, 0.2) is 394 Å². The molecule has 0 spiro atoms. The minimum atomic E-state index is 0.732. The Morgan fingerprint density at radius 3 is 0.760 bits per heavy atom. The van der Waals surface area contributed by atoms with Crippen molar-refractivity contribution in [3.05, 3.63) is 433 Å². The first kappa shape index (κ1) is 110. The van der Waals surface area contributed by atoms with Crippen LogP contribution in [0.5, 0.6) is 0 Å². The molecule has 0 atom stereocenters. The molecule has 0 unspecified atom stereocenters. The van der Waals surface area contributed by atoms with Crippen LogP contribution in [0.3, 0.4) is 0 Å². The first-order chi connectivity index (χ1) is 64.0. The molecule has 14 aromatic carbocycles. The zero-order valence-electron chi connectivity index (χ0n) is 82.8. The zero-order valence-corrected chi connectivity index (χ0v) is 82.8. The largest absolute Gasteiger partial charge is 0.309 e. The van der Waals surface area contributed by atoms with Crippen molar-refractivity contribution < 1.29 is 4.79 Å². The summed E-state index contributed by atoms with van der Waals surface area (Å²) in [5.74, 6) is 0. The summed E-state index contributed by atoms with van der Waals surface area (Å²) < 4.78 is 9.26. The lowest BCUT2D eigenvalue weighted by Gasteiger charge is -2.12. The van der Waals surface area contributed by atoms with E-state index in [2.05, 4.69) is 384 Å². The van der Waals surface area contributed by atoms with Crippen LogP contribution in [0, 0.1) is 6.92 Å². The summed E-state index contributed by atoms with van der Waals surface area (Å²) >= 11 is 0. The Kier molecular flexibility index (Phi) is 55.2. The highest BCUT2D eigenvalue weighted by atomic mass is 16.1. The van der Waals surface area contributed by atoms with Gasteiger partial charge in [0.15, 0.2) is 6.29 Å². The van der Waals surface area contributed by atoms with E-state index >= 15 is 0 Å². The van der Waals surface area contributed by atoms with Crippen molar-refractivity contribution >= 4 is 74.2 Å². The van der Waals surface area contributed by atoms with Gasteiger partial charge in [-0.2, -0.15) is 0 Å². The highest BCUT2D eigenvalue weighted by molar-refractivity contribution is 6.07. The predicted molar refractivity (Wildman–Crippen MR) is 581 cm³/mol. The SMILES string of the molecule is C(=C\c1c(-c2ccccc2)n(-c2ccccc2)c2ccccc12)/c1ccc(/C=C/c2c(-c3ccccc3)n(-c3ccccc3)c3ccccc23)cc1.CC.CC.CC.CC.CC.CC.CC.CC.CC.CC.CC.CC.CCc1ccc(C)cc1.O=Cc1c(-c2ccccc2)n(-c2ccccc2)c2ccccc12.c1ccc(-c2cc3ccccc3n2-c2ccccc2)cc1. The fraction of sp³-hybridized carbons (Fsp3) is 0.218. The number of hydrogen-bond donors (Lipinski definition) is 0. The molecule has 0 saturated heterocycles. The third-order valence-electron chi connectivity index (χ3n) is 19.2. The van der Waals surface area contributed by atoms with E-state index in [4.69, 9.17) is 0 Å². The first-order valence-electron chi connectivity index (χ1n) is 47.9. The molecule has 129 heavy (non-hydrogen) atoms. The van der Waals surface area contributed by atoms with Gasteiger partial charge in [-0.25, -0.2) is 0 Å². The third kappa shape index (κ3) is 29.7. The molecule has 0 N–H and O–H groups in total. The van der Waals surface area contributed by atoms with E-state index in [9.17, 15) is 4.79 Å². The second-order valence-corrected chi connectivity index (χ2v) is 25.9. The van der Waals surface area contributed by atoms with E-state index in [1.165, 1.54) is 94.4 Å². The van der Waals surface area contributed by atoms with Gasteiger partial charge < -0.3 is 18.3 Å². The number of aromatic nitrogens is 4. The smallest absolute Gasteiger partial charge is 0.152 e. The van der Waals surface area contributed by atoms with Gasteiger partial charge in [0.1, 0.15) is 0 Å². The van der Waals surface area contributed by atoms with E-state index in [1.807, 2.05) is 233 Å². The minimum Gasteiger partial charge on any atom is -0.309 e. The van der Waals surface area contributed by atoms with Crippen molar-refractivity contribution in [2.75, 3.05) is 0 Å². The van der Waals surface area contributed by atoms with Crippen LogP contribution in [0.1, 0.15) is 217 Å². The maximum Gasteiger partial charge on any atom is 0.152 e. The molecule has 0 aliphatic carbocycles. The number of hydrogen-bond acceptors (Lipinski definition) is 1. The summed E-state index contributed by atoms with van der Waals surface area (Å²) in [5, 5.41) is 4.69. The number of aldehydes is 1. The molecule has 0 bridgehead atoms. The number of aryl methyl sites for hydroxylation is 2. The van der Waals surface area contributed by atoms with Crippen molar-refractivity contribution in [1.82, 2.24) is 18.3 Å². The lowest BCUT2D eigenvalue weighted by molar-refractivity contribution is 0.112. The third-order valence-corrected chi connectivity index (χ3v) is 19.2. The van der Waals surface area contributed by atoms with Crippen LogP contribution in [-0.4, -0.2) is 24.6 Å². The molecule has 672 valence electrons. The van der Waals surface area contributed by atoms with Crippen molar-refractivity contribution in [3.8, 4) is 67.8 Å². The quantitative estimate of drug-likeness (QED) is 0.1000. The monoisotopic (exact) mass is 1710 g/mol. The average Bonchev–Trinajstić information content (AvgIpc) is 1.62. The second-order valence-electron chi connectivity index (χ2n) is 25.9. The zero-order chi connectivity index (χ0) is 95.1. The van der Waals surface area contributed by atoms with Crippen LogP contribution < -0.4 is 0 Å². The van der Waals surface area contributed by atoms with E-state index < -0.39 is 0 Å². The standard InChI is InChI=1S/C50H36N2.C21H15NO.C20H15N.C9H12.12C2H6/c1-5-17-39(18-6-1)49-45(43-25-13-15-27-47(43)51(49)41-21-9-3-10-22-41)35-33-37-29-31-38(32-30-37)34-36-46-44-26-14-16-28-48(44)52(42-23-11-4-12-24-42)50(46)40-19-7-2-8-20-40;23-15-19-18-13-7-8-14-20(18)22(17-11-5-2-6-12-17)21(19)16-9-3-1-4-10-16;1-3-9-16(10-4-1)20-15-17-11-7-8-14-19(17)21(20)18-12-5-2-6-13-18;1-3-9-6-4-8(2)5-7-9;12*1-2/h1-36H;1-15H;1-15H;4-7H,3H2,1-2H3;12*1-2H3/b35-33+,36-34+;;;;;;;;;;;;;;;. The summed E-state index contributed by atoms with van der Waals surface area (Å²) in [6.45, 7) is 52.3. The Balaban J connectivity index is 0.000000464. The molecule has 18 aromatic rings. The Labute approximate surface area is 779 Å². The lowest BCUT2D eigenvalue weighted by atomic mass is 10.0. The van der Waals surface area contributed by atoms with Gasteiger partial charge in [-0.1, -0.05) is 518 Å². The van der Waals surface area contributed by atoms with Gasteiger partial charge in [0, 0.05) is 61.0 Å². The molecule has 0 aliphatic rings. The number of benzene rings is 14. The number of fused-ring (bicyclic) bond motifs is 4. The van der Waals surface area contributed by atoms with E-state index in [-0.39, 0.29) is 0 Å². The Bertz CT molecular complexity index is 5770. The number of carbonyl (C=O) groups is 1. The van der Waals surface area contributed by atoms with E-state index in [1.54, 1.807) is 0 Å². The van der Waals surface area contributed by atoms with Crippen LogP contribution >= 0.6 is 0 Å². The average molecular weight is 1710 g/mol. The summed E-state index contributed by atoms with van der Waals surface area (Å²) in [5.41, 5.74) is 26.6. The molecular formula is C124H150N4O. The maximum atomic E-state index is 11.8. The minimum absolute atomic E-state index is 0.732. The molecule has 5 heteroatoms. The highest BCUT2D eigenvalue weighted by Crippen LogP contribution is 2.41. The molecular weight excluding hydrogens is 1560 g/mol. The molecule has 5 nitrogen and oxygen atoms in total. The van der Waals surface area contributed by atoms with E-state index in [0.29, 0.717) is 0 Å². The molecule has 4 heterocycles. The number of carbonyl (C=O) groups excluding carboxylic acids is 1. The van der Waals surface area contributed by atoms with Gasteiger partial charge in [-0.3, -0.25) is 4.79 Å². The topological polar surface area (TPSA) is 36.8 Å². The van der Waals surface area contributed by atoms with Crippen LogP contribution in [0.4, 0.5) is 0 Å². The fourth-order valence-corrected chi connectivity index (χ4v) is 14.2. The summed E-state index contributed by atoms with van der Waals surface area (Å²) in [4.78, 5) is 11.8. The van der Waals surface area contributed by atoms with Crippen LogP contribution in [0.2, 0.25) is 0 Å². The summed E-state index contributed by atoms with van der Waals surface area (Å²) in [7, 11) is 0.